The molecule has 1 aromatic carbocycles. The highest BCUT2D eigenvalue weighted by molar-refractivity contribution is 5.77. The minimum Gasteiger partial charge on any atom is -0.348 e. The van der Waals surface area contributed by atoms with E-state index in [-0.39, 0.29) is 17.9 Å². The standard InChI is InChI=1S/C12H12F4N2O/c13-6-1-2-7(8(5-6)12(14,15)16)11-9(17)3-4-10(19)18-11/h1-2,5,9,11H,3-4,17H2,(H,18,19). The Balaban J connectivity index is 2.46. The van der Waals surface area contributed by atoms with E-state index in [0.29, 0.717) is 12.5 Å². The lowest BCUT2D eigenvalue weighted by molar-refractivity contribution is -0.139. The molecular weight excluding hydrogens is 264 g/mol. The first-order valence-corrected chi connectivity index (χ1v) is 5.70. The largest absolute Gasteiger partial charge is 0.416 e. The van der Waals surface area contributed by atoms with E-state index in [0.717, 1.165) is 12.1 Å². The predicted molar refractivity (Wildman–Crippen MR) is 59.5 cm³/mol. The Morgan fingerprint density at radius 1 is 1.32 bits per heavy atom. The quantitative estimate of drug-likeness (QED) is 0.772. The van der Waals surface area contributed by atoms with Crippen LogP contribution in [0, 0.1) is 5.82 Å². The Kier molecular flexibility index (Phi) is 3.49. The van der Waals surface area contributed by atoms with Crippen LogP contribution >= 0.6 is 0 Å². The van der Waals surface area contributed by atoms with Crippen molar-refractivity contribution < 1.29 is 22.4 Å². The van der Waals surface area contributed by atoms with Crippen molar-refractivity contribution in [3.8, 4) is 0 Å². The van der Waals surface area contributed by atoms with Crippen LogP contribution in [0.25, 0.3) is 0 Å². The molecule has 0 bridgehead atoms. The van der Waals surface area contributed by atoms with E-state index in [1.54, 1.807) is 0 Å². The molecule has 1 heterocycles. The van der Waals surface area contributed by atoms with Crippen molar-refractivity contribution in [3.05, 3.63) is 35.1 Å². The molecule has 3 nitrogen and oxygen atoms in total. The third kappa shape index (κ3) is 2.86. The number of hydrogen-bond donors (Lipinski definition) is 2. The van der Waals surface area contributed by atoms with Crippen LogP contribution in [-0.4, -0.2) is 11.9 Å². The van der Waals surface area contributed by atoms with E-state index in [9.17, 15) is 22.4 Å². The lowest BCUT2D eigenvalue weighted by Gasteiger charge is -2.31. The Labute approximate surface area is 106 Å². The van der Waals surface area contributed by atoms with Crippen LogP contribution in [0.2, 0.25) is 0 Å². The number of carbonyl (C=O) groups is 1. The fraction of sp³-hybridized carbons (Fsp3) is 0.417. The van der Waals surface area contributed by atoms with Crippen LogP contribution in [0.15, 0.2) is 18.2 Å². The van der Waals surface area contributed by atoms with E-state index < -0.39 is 29.6 Å². The Bertz CT molecular complexity index is 501. The summed E-state index contributed by atoms with van der Waals surface area (Å²) >= 11 is 0. The van der Waals surface area contributed by atoms with Gasteiger partial charge in [-0.3, -0.25) is 4.79 Å². The van der Waals surface area contributed by atoms with Crippen LogP contribution in [0.4, 0.5) is 17.6 Å². The van der Waals surface area contributed by atoms with Crippen LogP contribution < -0.4 is 11.1 Å². The zero-order valence-electron chi connectivity index (χ0n) is 9.80. The van der Waals surface area contributed by atoms with Crippen molar-refractivity contribution in [3.63, 3.8) is 0 Å². The molecule has 3 N–H and O–H groups in total. The highest BCUT2D eigenvalue weighted by Crippen LogP contribution is 2.37. The first kappa shape index (κ1) is 13.8. The van der Waals surface area contributed by atoms with Gasteiger partial charge in [0.25, 0.3) is 0 Å². The Hall–Kier alpha value is -1.63. The molecular formula is C12H12F4N2O. The molecule has 1 aliphatic heterocycles. The second kappa shape index (κ2) is 4.80. The topological polar surface area (TPSA) is 55.1 Å². The molecule has 1 aromatic rings. The van der Waals surface area contributed by atoms with Gasteiger partial charge in [0, 0.05) is 12.5 Å². The second-order valence-corrected chi connectivity index (χ2v) is 4.48. The highest BCUT2D eigenvalue weighted by atomic mass is 19.4. The van der Waals surface area contributed by atoms with Gasteiger partial charge in [0.2, 0.25) is 5.91 Å². The molecule has 0 aliphatic carbocycles. The number of benzene rings is 1. The van der Waals surface area contributed by atoms with Crippen molar-refractivity contribution in [1.29, 1.82) is 0 Å². The maximum absolute atomic E-state index is 13.0. The average Bonchev–Trinajstić information content (AvgIpc) is 2.31. The fourth-order valence-corrected chi connectivity index (χ4v) is 2.17. The van der Waals surface area contributed by atoms with Gasteiger partial charge >= 0.3 is 6.18 Å². The summed E-state index contributed by atoms with van der Waals surface area (Å²) in [5.41, 5.74) is 4.45. The summed E-state index contributed by atoms with van der Waals surface area (Å²) in [6.07, 6.45) is -4.22. The molecule has 1 aliphatic rings. The summed E-state index contributed by atoms with van der Waals surface area (Å²) in [4.78, 5) is 11.3. The predicted octanol–water partition coefficient (Wildman–Crippen LogP) is 2.12. The summed E-state index contributed by atoms with van der Waals surface area (Å²) in [6.45, 7) is 0. The van der Waals surface area contributed by atoms with Gasteiger partial charge in [-0.2, -0.15) is 13.2 Å². The molecule has 0 saturated carbocycles. The Morgan fingerprint density at radius 3 is 2.63 bits per heavy atom. The van der Waals surface area contributed by atoms with Crippen molar-refractivity contribution in [2.75, 3.05) is 0 Å². The van der Waals surface area contributed by atoms with E-state index in [1.165, 1.54) is 0 Å². The summed E-state index contributed by atoms with van der Waals surface area (Å²) in [5.74, 6) is -1.34. The van der Waals surface area contributed by atoms with E-state index >= 15 is 0 Å². The van der Waals surface area contributed by atoms with Gasteiger partial charge in [0.1, 0.15) is 5.82 Å². The number of nitrogens with one attached hydrogen (secondary N) is 1. The van der Waals surface area contributed by atoms with Crippen molar-refractivity contribution >= 4 is 5.91 Å². The molecule has 104 valence electrons. The van der Waals surface area contributed by atoms with Crippen molar-refractivity contribution in [1.82, 2.24) is 5.32 Å². The Morgan fingerprint density at radius 2 is 2.00 bits per heavy atom. The van der Waals surface area contributed by atoms with Gasteiger partial charge in [0.05, 0.1) is 11.6 Å². The number of amides is 1. The van der Waals surface area contributed by atoms with Gasteiger partial charge in [0.15, 0.2) is 0 Å². The molecule has 0 aromatic heterocycles. The van der Waals surface area contributed by atoms with E-state index in [2.05, 4.69) is 5.32 Å². The summed E-state index contributed by atoms with van der Waals surface area (Å²) in [5, 5.41) is 2.43. The molecule has 1 fully saturated rings. The van der Waals surface area contributed by atoms with Crippen molar-refractivity contribution in [2.45, 2.75) is 31.1 Å². The first-order chi connectivity index (χ1) is 8.79. The molecule has 2 atom stereocenters. The number of nitrogens with two attached hydrogens (primary N) is 1. The molecule has 2 unspecified atom stereocenters. The van der Waals surface area contributed by atoms with Gasteiger partial charge in [-0.15, -0.1) is 0 Å². The van der Waals surface area contributed by atoms with Crippen LogP contribution in [0.1, 0.15) is 30.0 Å². The zero-order chi connectivity index (χ0) is 14.2. The minimum absolute atomic E-state index is 0.181. The van der Waals surface area contributed by atoms with Crippen LogP contribution in [0.5, 0.6) is 0 Å². The minimum atomic E-state index is -4.70. The van der Waals surface area contributed by atoms with Gasteiger partial charge in [-0.05, 0) is 24.1 Å². The summed E-state index contributed by atoms with van der Waals surface area (Å²) in [7, 11) is 0. The molecule has 1 amide bonds. The third-order valence-corrected chi connectivity index (χ3v) is 3.11. The smallest absolute Gasteiger partial charge is 0.348 e. The SMILES string of the molecule is NC1CCC(=O)NC1c1ccc(F)cc1C(F)(F)F. The monoisotopic (exact) mass is 276 g/mol. The number of piperidine rings is 1. The second-order valence-electron chi connectivity index (χ2n) is 4.48. The number of halogens is 4. The maximum Gasteiger partial charge on any atom is 0.416 e. The van der Waals surface area contributed by atoms with Crippen LogP contribution in [0.3, 0.4) is 0 Å². The molecule has 0 radical (unpaired) electrons. The van der Waals surface area contributed by atoms with E-state index in [4.69, 9.17) is 5.73 Å². The van der Waals surface area contributed by atoms with Gasteiger partial charge in [-0.1, -0.05) is 6.07 Å². The van der Waals surface area contributed by atoms with E-state index in [1.807, 2.05) is 0 Å². The summed E-state index contributed by atoms with van der Waals surface area (Å²) < 4.78 is 51.7. The number of rotatable bonds is 1. The fourth-order valence-electron chi connectivity index (χ4n) is 2.17. The molecule has 0 spiro atoms. The number of hydrogen-bond acceptors (Lipinski definition) is 2. The lowest BCUT2D eigenvalue weighted by atomic mass is 9.89. The number of carbonyl (C=O) groups excluding carboxylic acids is 1. The molecule has 7 heteroatoms. The number of alkyl halides is 3. The van der Waals surface area contributed by atoms with Crippen molar-refractivity contribution in [2.24, 2.45) is 5.73 Å². The molecule has 1 saturated heterocycles. The molecule has 19 heavy (non-hydrogen) atoms. The molecule has 2 rings (SSSR count). The normalized spacial score (nSPS) is 24.2. The van der Waals surface area contributed by atoms with Crippen LogP contribution in [-0.2, 0) is 11.0 Å². The first-order valence-electron chi connectivity index (χ1n) is 5.70. The summed E-state index contributed by atoms with van der Waals surface area (Å²) in [6, 6.07) is 0.803. The van der Waals surface area contributed by atoms with Gasteiger partial charge in [-0.25, -0.2) is 4.39 Å². The highest BCUT2D eigenvalue weighted by Gasteiger charge is 2.38. The average molecular weight is 276 g/mol. The van der Waals surface area contributed by atoms with Gasteiger partial charge < -0.3 is 11.1 Å². The third-order valence-electron chi connectivity index (χ3n) is 3.11. The maximum atomic E-state index is 13.0. The zero-order valence-corrected chi connectivity index (χ0v) is 9.80. The lowest BCUT2D eigenvalue weighted by Crippen LogP contribution is -2.46.